The standard InChI is InChI=1S/C13H29NO/c1-3-5-10-14(11-6-4-2)12-8-7-9-13-15/h15H,3-13H2,1-2H3. The molecule has 0 aliphatic heterocycles. The first-order valence-electron chi connectivity index (χ1n) is 6.68. The molecule has 0 rings (SSSR count). The van der Waals surface area contributed by atoms with Gasteiger partial charge >= 0.3 is 0 Å². The minimum Gasteiger partial charge on any atom is -0.396 e. The van der Waals surface area contributed by atoms with Crippen molar-refractivity contribution in [3.05, 3.63) is 0 Å². The molecule has 0 aliphatic rings. The lowest BCUT2D eigenvalue weighted by atomic mass is 10.2. The molecule has 2 nitrogen and oxygen atoms in total. The van der Waals surface area contributed by atoms with E-state index in [1.165, 1.54) is 58.2 Å². The maximum absolute atomic E-state index is 8.70. The van der Waals surface area contributed by atoms with Gasteiger partial charge in [0.05, 0.1) is 0 Å². The maximum atomic E-state index is 8.70. The second-order valence-corrected chi connectivity index (χ2v) is 4.33. The molecule has 0 saturated carbocycles. The Morgan fingerprint density at radius 2 is 1.27 bits per heavy atom. The summed E-state index contributed by atoms with van der Waals surface area (Å²) in [6, 6.07) is 0. The Morgan fingerprint density at radius 1 is 0.733 bits per heavy atom. The average Bonchev–Trinajstić information content (AvgIpc) is 2.27. The van der Waals surface area contributed by atoms with Crippen molar-refractivity contribution in [1.29, 1.82) is 0 Å². The summed E-state index contributed by atoms with van der Waals surface area (Å²) in [6.45, 7) is 8.60. The van der Waals surface area contributed by atoms with Crippen molar-refractivity contribution < 1.29 is 5.11 Å². The zero-order chi connectivity index (χ0) is 11.4. The van der Waals surface area contributed by atoms with Gasteiger partial charge in [-0.15, -0.1) is 0 Å². The molecule has 15 heavy (non-hydrogen) atoms. The first kappa shape index (κ1) is 14.9. The Morgan fingerprint density at radius 3 is 1.73 bits per heavy atom. The van der Waals surface area contributed by atoms with Crippen LogP contribution in [0.3, 0.4) is 0 Å². The van der Waals surface area contributed by atoms with Crippen LogP contribution in [-0.4, -0.2) is 36.2 Å². The number of aliphatic hydroxyl groups excluding tert-OH is 1. The predicted molar refractivity (Wildman–Crippen MR) is 67.2 cm³/mol. The summed E-state index contributed by atoms with van der Waals surface area (Å²) in [5.41, 5.74) is 0. The molecule has 0 heterocycles. The van der Waals surface area contributed by atoms with Gasteiger partial charge in [0.2, 0.25) is 0 Å². The van der Waals surface area contributed by atoms with E-state index < -0.39 is 0 Å². The molecule has 0 saturated heterocycles. The van der Waals surface area contributed by atoms with E-state index in [2.05, 4.69) is 18.7 Å². The highest BCUT2D eigenvalue weighted by Crippen LogP contribution is 2.03. The minimum absolute atomic E-state index is 0.351. The van der Waals surface area contributed by atoms with Gasteiger partial charge in [0.1, 0.15) is 0 Å². The molecule has 2 heteroatoms. The van der Waals surface area contributed by atoms with Crippen molar-refractivity contribution in [1.82, 2.24) is 4.90 Å². The quantitative estimate of drug-likeness (QED) is 0.535. The molecule has 0 fully saturated rings. The van der Waals surface area contributed by atoms with Crippen LogP contribution in [0.15, 0.2) is 0 Å². The van der Waals surface area contributed by atoms with Crippen molar-refractivity contribution in [3.63, 3.8) is 0 Å². The lowest BCUT2D eigenvalue weighted by molar-refractivity contribution is 0.247. The first-order valence-corrected chi connectivity index (χ1v) is 6.68. The summed E-state index contributed by atoms with van der Waals surface area (Å²) < 4.78 is 0. The number of rotatable bonds is 11. The first-order chi connectivity index (χ1) is 7.35. The van der Waals surface area contributed by atoms with Gasteiger partial charge in [-0.3, -0.25) is 0 Å². The molecular formula is C13H29NO. The zero-order valence-electron chi connectivity index (χ0n) is 10.7. The Bertz CT molecular complexity index is 109. The van der Waals surface area contributed by atoms with Crippen LogP contribution in [0.2, 0.25) is 0 Å². The van der Waals surface area contributed by atoms with Crippen LogP contribution in [0.5, 0.6) is 0 Å². The van der Waals surface area contributed by atoms with E-state index in [0.29, 0.717) is 6.61 Å². The number of aliphatic hydroxyl groups is 1. The molecule has 0 bridgehead atoms. The monoisotopic (exact) mass is 215 g/mol. The lowest BCUT2D eigenvalue weighted by Crippen LogP contribution is -2.27. The predicted octanol–water partition coefficient (Wildman–Crippen LogP) is 3.05. The van der Waals surface area contributed by atoms with E-state index in [1.807, 2.05) is 0 Å². The van der Waals surface area contributed by atoms with E-state index in [-0.39, 0.29) is 0 Å². The third-order valence-corrected chi connectivity index (χ3v) is 2.79. The smallest absolute Gasteiger partial charge is 0.0431 e. The highest BCUT2D eigenvalue weighted by Gasteiger charge is 2.02. The van der Waals surface area contributed by atoms with Gasteiger partial charge in [0.15, 0.2) is 0 Å². The molecule has 0 spiro atoms. The van der Waals surface area contributed by atoms with Crippen LogP contribution < -0.4 is 0 Å². The van der Waals surface area contributed by atoms with Crippen molar-refractivity contribution in [2.24, 2.45) is 0 Å². The van der Waals surface area contributed by atoms with Crippen LogP contribution >= 0.6 is 0 Å². The van der Waals surface area contributed by atoms with Crippen LogP contribution in [0.4, 0.5) is 0 Å². The van der Waals surface area contributed by atoms with Crippen LogP contribution in [0.25, 0.3) is 0 Å². The van der Waals surface area contributed by atoms with Gasteiger partial charge in [-0.25, -0.2) is 0 Å². The van der Waals surface area contributed by atoms with E-state index in [1.54, 1.807) is 0 Å². The minimum atomic E-state index is 0.351. The van der Waals surface area contributed by atoms with Crippen LogP contribution in [0, 0.1) is 0 Å². The zero-order valence-corrected chi connectivity index (χ0v) is 10.7. The summed E-state index contributed by atoms with van der Waals surface area (Å²) in [5.74, 6) is 0. The highest BCUT2D eigenvalue weighted by atomic mass is 16.2. The fraction of sp³-hybridized carbons (Fsp3) is 1.00. The molecule has 0 aromatic carbocycles. The largest absolute Gasteiger partial charge is 0.396 e. The summed E-state index contributed by atoms with van der Waals surface area (Å²) in [7, 11) is 0. The molecule has 0 radical (unpaired) electrons. The molecule has 0 aliphatic carbocycles. The number of nitrogens with zero attached hydrogens (tertiary/aromatic N) is 1. The third kappa shape index (κ3) is 10.2. The molecule has 92 valence electrons. The fourth-order valence-electron chi connectivity index (χ4n) is 1.72. The Balaban J connectivity index is 3.49. The Hall–Kier alpha value is -0.0800. The van der Waals surface area contributed by atoms with E-state index in [9.17, 15) is 0 Å². The molecule has 0 unspecified atom stereocenters. The Labute approximate surface area is 95.7 Å². The average molecular weight is 215 g/mol. The number of hydrogen-bond donors (Lipinski definition) is 1. The molecular weight excluding hydrogens is 186 g/mol. The van der Waals surface area contributed by atoms with Crippen molar-refractivity contribution in [2.45, 2.75) is 58.8 Å². The van der Waals surface area contributed by atoms with Crippen LogP contribution in [0.1, 0.15) is 58.8 Å². The SMILES string of the molecule is CCCCN(CCCC)CCCCCO. The van der Waals surface area contributed by atoms with Crippen LogP contribution in [-0.2, 0) is 0 Å². The number of hydrogen-bond acceptors (Lipinski definition) is 2. The molecule has 0 aromatic heterocycles. The van der Waals surface area contributed by atoms with Gasteiger partial charge in [-0.1, -0.05) is 26.7 Å². The van der Waals surface area contributed by atoms with Gasteiger partial charge < -0.3 is 10.0 Å². The maximum Gasteiger partial charge on any atom is 0.0431 e. The topological polar surface area (TPSA) is 23.5 Å². The molecule has 0 atom stereocenters. The molecule has 1 N–H and O–H groups in total. The van der Waals surface area contributed by atoms with Gasteiger partial charge in [0, 0.05) is 6.61 Å². The van der Waals surface area contributed by atoms with Crippen molar-refractivity contribution in [2.75, 3.05) is 26.2 Å². The molecule has 0 aromatic rings. The van der Waals surface area contributed by atoms with E-state index in [0.717, 1.165) is 6.42 Å². The summed E-state index contributed by atoms with van der Waals surface area (Å²) in [5, 5.41) is 8.70. The summed E-state index contributed by atoms with van der Waals surface area (Å²) >= 11 is 0. The van der Waals surface area contributed by atoms with Crippen molar-refractivity contribution in [3.8, 4) is 0 Å². The van der Waals surface area contributed by atoms with Crippen molar-refractivity contribution >= 4 is 0 Å². The molecule has 0 amide bonds. The summed E-state index contributed by atoms with van der Waals surface area (Å²) in [4.78, 5) is 2.59. The second kappa shape index (κ2) is 12.0. The van der Waals surface area contributed by atoms with Gasteiger partial charge in [0.25, 0.3) is 0 Å². The van der Waals surface area contributed by atoms with Gasteiger partial charge in [-0.2, -0.15) is 0 Å². The second-order valence-electron chi connectivity index (χ2n) is 4.33. The Kier molecular flexibility index (Phi) is 11.9. The van der Waals surface area contributed by atoms with E-state index in [4.69, 9.17) is 5.11 Å². The van der Waals surface area contributed by atoms with Gasteiger partial charge in [-0.05, 0) is 51.7 Å². The number of unbranched alkanes of at least 4 members (excludes halogenated alkanes) is 4. The highest BCUT2D eigenvalue weighted by molar-refractivity contribution is 4.58. The normalized spacial score (nSPS) is 11.2. The third-order valence-electron chi connectivity index (χ3n) is 2.79. The van der Waals surface area contributed by atoms with E-state index >= 15 is 0 Å². The fourth-order valence-corrected chi connectivity index (χ4v) is 1.72. The lowest BCUT2D eigenvalue weighted by Gasteiger charge is -2.21. The summed E-state index contributed by atoms with van der Waals surface area (Å²) in [6.07, 6.45) is 8.61.